The van der Waals surface area contributed by atoms with Crippen molar-refractivity contribution in [2.45, 2.75) is 44.1 Å². The number of rotatable bonds is 2. The highest BCUT2D eigenvalue weighted by atomic mass is 16.5. The SMILES string of the molecule is CC(N)C1(c2ccc3c(c2)CCCC3)COC1. The number of hydrogen-bond acceptors (Lipinski definition) is 2. The van der Waals surface area contributed by atoms with E-state index in [0.29, 0.717) is 0 Å². The van der Waals surface area contributed by atoms with Crippen molar-refractivity contribution in [1.29, 1.82) is 0 Å². The van der Waals surface area contributed by atoms with Crippen LogP contribution in [0.5, 0.6) is 0 Å². The summed E-state index contributed by atoms with van der Waals surface area (Å²) in [7, 11) is 0. The third-order valence-electron chi connectivity index (χ3n) is 4.51. The van der Waals surface area contributed by atoms with E-state index in [4.69, 9.17) is 10.5 Å². The fraction of sp³-hybridized carbons (Fsp3) is 0.600. The number of ether oxygens (including phenoxy) is 1. The first kappa shape index (κ1) is 11.2. The molecule has 1 saturated heterocycles. The Morgan fingerprint density at radius 2 is 1.88 bits per heavy atom. The van der Waals surface area contributed by atoms with Crippen LogP contribution in [-0.4, -0.2) is 19.3 Å². The van der Waals surface area contributed by atoms with E-state index < -0.39 is 0 Å². The average molecular weight is 231 g/mol. The van der Waals surface area contributed by atoms with Gasteiger partial charge in [0.2, 0.25) is 0 Å². The maximum absolute atomic E-state index is 6.16. The summed E-state index contributed by atoms with van der Waals surface area (Å²) in [4.78, 5) is 0. The molecule has 17 heavy (non-hydrogen) atoms. The van der Waals surface area contributed by atoms with E-state index in [9.17, 15) is 0 Å². The van der Waals surface area contributed by atoms with E-state index in [1.54, 1.807) is 11.1 Å². The monoisotopic (exact) mass is 231 g/mol. The van der Waals surface area contributed by atoms with Gasteiger partial charge in [-0.1, -0.05) is 18.2 Å². The Bertz CT molecular complexity index is 421. The second kappa shape index (κ2) is 4.11. The van der Waals surface area contributed by atoms with Gasteiger partial charge in [-0.15, -0.1) is 0 Å². The molecule has 1 aliphatic carbocycles. The van der Waals surface area contributed by atoms with Crippen LogP contribution in [0.1, 0.15) is 36.5 Å². The van der Waals surface area contributed by atoms with Crippen molar-refractivity contribution < 1.29 is 4.74 Å². The van der Waals surface area contributed by atoms with Crippen molar-refractivity contribution in [2.75, 3.05) is 13.2 Å². The largest absolute Gasteiger partial charge is 0.379 e. The number of benzene rings is 1. The zero-order valence-electron chi connectivity index (χ0n) is 10.5. The molecule has 1 atom stereocenters. The van der Waals surface area contributed by atoms with Crippen molar-refractivity contribution in [3.63, 3.8) is 0 Å². The molecule has 1 unspecified atom stereocenters. The van der Waals surface area contributed by atoms with E-state index in [1.165, 1.54) is 31.2 Å². The Kier molecular flexibility index (Phi) is 2.72. The molecule has 3 rings (SSSR count). The van der Waals surface area contributed by atoms with Crippen molar-refractivity contribution in [3.8, 4) is 0 Å². The molecule has 92 valence electrons. The van der Waals surface area contributed by atoms with E-state index in [0.717, 1.165) is 13.2 Å². The molecule has 0 aromatic heterocycles. The molecule has 2 heteroatoms. The molecule has 0 bridgehead atoms. The standard InChI is InChI=1S/C15H21NO/c1-11(16)15(9-17-10-15)14-7-6-12-4-2-3-5-13(12)8-14/h6-8,11H,2-5,9-10,16H2,1H3. The summed E-state index contributed by atoms with van der Waals surface area (Å²) in [6.07, 6.45) is 5.16. The molecular weight excluding hydrogens is 210 g/mol. The lowest BCUT2D eigenvalue weighted by Crippen LogP contribution is -2.57. The average Bonchev–Trinajstić information content (AvgIpc) is 2.27. The molecule has 2 nitrogen and oxygen atoms in total. The van der Waals surface area contributed by atoms with Gasteiger partial charge in [0, 0.05) is 6.04 Å². The highest BCUT2D eigenvalue weighted by Gasteiger charge is 2.43. The highest BCUT2D eigenvalue weighted by molar-refractivity contribution is 5.39. The molecule has 1 heterocycles. The van der Waals surface area contributed by atoms with Gasteiger partial charge in [-0.05, 0) is 49.3 Å². The lowest BCUT2D eigenvalue weighted by atomic mass is 9.72. The Hall–Kier alpha value is -0.860. The Morgan fingerprint density at radius 3 is 2.47 bits per heavy atom. The minimum atomic E-state index is 0.0759. The van der Waals surface area contributed by atoms with Crippen LogP contribution >= 0.6 is 0 Å². The lowest BCUT2D eigenvalue weighted by molar-refractivity contribution is -0.0702. The third-order valence-corrected chi connectivity index (χ3v) is 4.51. The van der Waals surface area contributed by atoms with E-state index in [-0.39, 0.29) is 11.5 Å². The fourth-order valence-electron chi connectivity index (χ4n) is 3.06. The molecule has 1 fully saturated rings. The maximum Gasteiger partial charge on any atom is 0.0600 e. The van der Waals surface area contributed by atoms with Crippen LogP contribution in [0.3, 0.4) is 0 Å². The fourth-order valence-corrected chi connectivity index (χ4v) is 3.06. The van der Waals surface area contributed by atoms with Crippen molar-refractivity contribution >= 4 is 0 Å². The van der Waals surface area contributed by atoms with Gasteiger partial charge in [-0.2, -0.15) is 0 Å². The molecule has 0 saturated carbocycles. The van der Waals surface area contributed by atoms with Gasteiger partial charge in [-0.25, -0.2) is 0 Å². The normalized spacial score (nSPS) is 23.6. The van der Waals surface area contributed by atoms with E-state index in [2.05, 4.69) is 25.1 Å². The maximum atomic E-state index is 6.16. The first-order chi connectivity index (χ1) is 8.22. The van der Waals surface area contributed by atoms with Gasteiger partial charge in [0.25, 0.3) is 0 Å². The number of fused-ring (bicyclic) bond motifs is 1. The predicted octanol–water partition coefficient (Wildman–Crippen LogP) is 2.18. The molecule has 0 radical (unpaired) electrons. The van der Waals surface area contributed by atoms with Crippen molar-refractivity contribution in [3.05, 3.63) is 34.9 Å². The molecule has 2 aliphatic rings. The highest BCUT2D eigenvalue weighted by Crippen LogP contribution is 2.36. The summed E-state index contributed by atoms with van der Waals surface area (Å²) in [6.45, 7) is 3.66. The zero-order valence-corrected chi connectivity index (χ0v) is 10.5. The molecule has 2 N–H and O–H groups in total. The quantitative estimate of drug-likeness (QED) is 0.846. The number of aryl methyl sites for hydroxylation is 2. The van der Waals surface area contributed by atoms with Crippen molar-refractivity contribution in [2.24, 2.45) is 5.73 Å². The molecule has 1 aromatic rings. The lowest BCUT2D eigenvalue weighted by Gasteiger charge is -2.45. The van der Waals surface area contributed by atoms with Crippen LogP contribution < -0.4 is 5.73 Å². The van der Waals surface area contributed by atoms with Gasteiger partial charge >= 0.3 is 0 Å². The zero-order chi connectivity index (χ0) is 11.9. The Morgan fingerprint density at radius 1 is 1.18 bits per heavy atom. The van der Waals surface area contributed by atoms with Crippen molar-refractivity contribution in [1.82, 2.24) is 0 Å². The minimum Gasteiger partial charge on any atom is -0.379 e. The van der Waals surface area contributed by atoms with Crippen LogP contribution in [0.15, 0.2) is 18.2 Å². The second-order valence-electron chi connectivity index (χ2n) is 5.63. The Balaban J connectivity index is 1.98. The number of hydrogen-bond donors (Lipinski definition) is 1. The second-order valence-corrected chi connectivity index (χ2v) is 5.63. The molecule has 1 aromatic carbocycles. The summed E-state index contributed by atoms with van der Waals surface area (Å²) < 4.78 is 5.42. The summed E-state index contributed by atoms with van der Waals surface area (Å²) >= 11 is 0. The first-order valence-electron chi connectivity index (χ1n) is 6.68. The van der Waals surface area contributed by atoms with Crippen LogP contribution in [0, 0.1) is 0 Å². The molecule has 0 amide bonds. The molecule has 1 aliphatic heterocycles. The summed E-state index contributed by atoms with van der Waals surface area (Å²) in [6, 6.07) is 7.14. The summed E-state index contributed by atoms with van der Waals surface area (Å²) in [5.41, 5.74) is 10.7. The third kappa shape index (κ3) is 1.71. The summed E-state index contributed by atoms with van der Waals surface area (Å²) in [5, 5.41) is 0. The van der Waals surface area contributed by atoms with Gasteiger partial charge in [0.05, 0.1) is 18.6 Å². The van der Waals surface area contributed by atoms with Gasteiger partial charge in [-0.3, -0.25) is 0 Å². The predicted molar refractivity (Wildman–Crippen MR) is 69.2 cm³/mol. The van der Waals surface area contributed by atoms with Crippen LogP contribution in [0.4, 0.5) is 0 Å². The van der Waals surface area contributed by atoms with Gasteiger partial charge in [0.15, 0.2) is 0 Å². The smallest absolute Gasteiger partial charge is 0.0600 e. The van der Waals surface area contributed by atoms with Crippen LogP contribution in [0.25, 0.3) is 0 Å². The minimum absolute atomic E-state index is 0.0759. The van der Waals surface area contributed by atoms with Gasteiger partial charge in [0.1, 0.15) is 0 Å². The van der Waals surface area contributed by atoms with Gasteiger partial charge < -0.3 is 10.5 Å². The topological polar surface area (TPSA) is 35.2 Å². The van der Waals surface area contributed by atoms with E-state index in [1.807, 2.05) is 0 Å². The Labute approximate surface area is 103 Å². The number of nitrogens with two attached hydrogens (primary N) is 1. The molecule has 0 spiro atoms. The van der Waals surface area contributed by atoms with Crippen LogP contribution in [-0.2, 0) is 23.0 Å². The van der Waals surface area contributed by atoms with Crippen LogP contribution in [0.2, 0.25) is 0 Å². The molecular formula is C15H21NO. The first-order valence-corrected chi connectivity index (χ1v) is 6.68. The van der Waals surface area contributed by atoms with E-state index >= 15 is 0 Å². The summed E-state index contributed by atoms with van der Waals surface area (Å²) in [5.74, 6) is 0.